The Bertz CT molecular complexity index is 595. The molecule has 0 spiro atoms. The second-order valence-electron chi connectivity index (χ2n) is 7.48. The van der Waals surface area contributed by atoms with E-state index in [-0.39, 0.29) is 29.8 Å². The number of rotatable bonds is 6. The number of hydrogen-bond acceptors (Lipinski definition) is 3. The van der Waals surface area contributed by atoms with Gasteiger partial charge in [-0.3, -0.25) is 9.59 Å². The average Bonchev–Trinajstić information content (AvgIpc) is 3.05. The van der Waals surface area contributed by atoms with Crippen LogP contribution in [-0.4, -0.2) is 54.8 Å². The summed E-state index contributed by atoms with van der Waals surface area (Å²) in [6, 6.07) is 8.18. The monoisotopic (exact) mass is 345 g/mol. The predicted octanol–water partition coefficient (Wildman–Crippen LogP) is 2.36. The van der Waals surface area contributed by atoms with E-state index in [0.717, 1.165) is 12.8 Å². The van der Waals surface area contributed by atoms with Crippen molar-refractivity contribution in [2.24, 2.45) is 5.92 Å². The van der Waals surface area contributed by atoms with E-state index in [1.165, 1.54) is 11.1 Å². The molecule has 0 saturated carbocycles. The maximum Gasteiger partial charge on any atom is 0.242 e. The molecule has 5 heteroatoms. The lowest BCUT2D eigenvalue weighted by Gasteiger charge is -2.28. The Morgan fingerprint density at radius 2 is 1.88 bits per heavy atom. The Labute approximate surface area is 151 Å². The van der Waals surface area contributed by atoms with Crippen molar-refractivity contribution in [1.29, 1.82) is 0 Å². The van der Waals surface area contributed by atoms with Crippen LogP contribution in [-0.2, 0) is 9.59 Å². The van der Waals surface area contributed by atoms with Crippen LogP contribution in [0.5, 0.6) is 0 Å². The normalized spacial score (nSPS) is 18.7. The second-order valence-corrected chi connectivity index (χ2v) is 7.48. The third-order valence-electron chi connectivity index (χ3n) is 4.89. The van der Waals surface area contributed by atoms with Gasteiger partial charge < -0.3 is 15.1 Å². The number of benzene rings is 1. The number of nitrogens with one attached hydrogen (secondary N) is 1. The van der Waals surface area contributed by atoms with E-state index < -0.39 is 0 Å². The molecule has 1 N–H and O–H groups in total. The molecule has 1 aromatic carbocycles. The predicted molar refractivity (Wildman–Crippen MR) is 100 cm³/mol. The molecule has 2 amide bonds. The van der Waals surface area contributed by atoms with Crippen molar-refractivity contribution in [3.63, 3.8) is 0 Å². The van der Waals surface area contributed by atoms with Crippen molar-refractivity contribution in [2.75, 3.05) is 27.2 Å². The average molecular weight is 345 g/mol. The molecule has 5 nitrogen and oxygen atoms in total. The first-order valence-corrected chi connectivity index (χ1v) is 9.12. The summed E-state index contributed by atoms with van der Waals surface area (Å²) in [4.78, 5) is 28.8. The van der Waals surface area contributed by atoms with Crippen molar-refractivity contribution in [1.82, 2.24) is 15.1 Å². The molecule has 2 atom stereocenters. The van der Waals surface area contributed by atoms with Gasteiger partial charge in [-0.15, -0.1) is 0 Å². The van der Waals surface area contributed by atoms with Gasteiger partial charge in [0.2, 0.25) is 11.8 Å². The van der Waals surface area contributed by atoms with E-state index in [1.54, 1.807) is 4.90 Å². The number of likely N-dealkylation sites (N-methyl/N-ethyl adjacent to an activating group) is 1. The lowest BCUT2D eigenvalue weighted by atomic mass is 10.0. The maximum atomic E-state index is 12.7. The Kier molecular flexibility index (Phi) is 6.59. The molecule has 1 saturated heterocycles. The van der Waals surface area contributed by atoms with Gasteiger partial charge in [-0.2, -0.15) is 0 Å². The van der Waals surface area contributed by atoms with Crippen LogP contribution in [0.25, 0.3) is 0 Å². The van der Waals surface area contributed by atoms with Crippen LogP contribution in [0.15, 0.2) is 24.3 Å². The summed E-state index contributed by atoms with van der Waals surface area (Å²) in [7, 11) is 4.03. The number of hydrogen-bond donors (Lipinski definition) is 1. The van der Waals surface area contributed by atoms with Crippen molar-refractivity contribution in [3.8, 4) is 0 Å². The molecule has 25 heavy (non-hydrogen) atoms. The molecule has 1 aromatic rings. The van der Waals surface area contributed by atoms with Gasteiger partial charge in [-0.1, -0.05) is 43.7 Å². The van der Waals surface area contributed by atoms with Crippen LogP contribution in [0, 0.1) is 12.8 Å². The number of likely N-dealkylation sites (tertiary alicyclic amines) is 1. The van der Waals surface area contributed by atoms with E-state index in [1.807, 2.05) is 27.9 Å². The van der Waals surface area contributed by atoms with Gasteiger partial charge in [0.25, 0.3) is 0 Å². The number of carbonyl (C=O) groups excluding carboxylic acids is 2. The summed E-state index contributed by atoms with van der Waals surface area (Å²) in [5, 5.41) is 3.07. The first-order valence-electron chi connectivity index (χ1n) is 9.12. The fraction of sp³-hybridized carbons (Fsp3) is 0.600. The summed E-state index contributed by atoms with van der Waals surface area (Å²) in [5.41, 5.74) is 2.40. The number of amides is 2. The molecule has 1 fully saturated rings. The quantitative estimate of drug-likeness (QED) is 0.861. The fourth-order valence-electron chi connectivity index (χ4n) is 3.34. The Morgan fingerprint density at radius 1 is 1.24 bits per heavy atom. The van der Waals surface area contributed by atoms with E-state index in [4.69, 9.17) is 0 Å². The summed E-state index contributed by atoms with van der Waals surface area (Å²) in [6.45, 7) is 7.06. The van der Waals surface area contributed by atoms with Gasteiger partial charge in [0.1, 0.15) is 6.04 Å². The lowest BCUT2D eigenvalue weighted by Crippen LogP contribution is -2.48. The molecule has 0 bridgehead atoms. The van der Waals surface area contributed by atoms with Gasteiger partial charge in [0.05, 0.1) is 6.04 Å². The Hall–Kier alpha value is -1.88. The highest BCUT2D eigenvalue weighted by Gasteiger charge is 2.35. The minimum absolute atomic E-state index is 0.0366. The van der Waals surface area contributed by atoms with E-state index >= 15 is 0 Å². The smallest absolute Gasteiger partial charge is 0.242 e. The zero-order valence-corrected chi connectivity index (χ0v) is 16.1. The van der Waals surface area contributed by atoms with Crippen LogP contribution in [0.2, 0.25) is 0 Å². The second kappa shape index (κ2) is 8.48. The molecule has 138 valence electrons. The third-order valence-corrected chi connectivity index (χ3v) is 4.89. The fourth-order valence-corrected chi connectivity index (χ4v) is 3.34. The maximum absolute atomic E-state index is 12.7. The molecule has 0 unspecified atom stereocenters. The minimum Gasteiger partial charge on any atom is -0.352 e. The van der Waals surface area contributed by atoms with Gasteiger partial charge in [0, 0.05) is 19.0 Å². The topological polar surface area (TPSA) is 52.7 Å². The molecule has 0 aromatic heterocycles. The van der Waals surface area contributed by atoms with Crippen molar-refractivity contribution >= 4 is 11.8 Å². The standard InChI is InChI=1S/C20H31N3O2/c1-14(2)20(25)23-12-6-7-17(23)19(24)21-13-18(22(4)5)16-10-8-15(3)9-11-16/h8-11,14,17-18H,6-7,12-13H2,1-5H3,(H,21,24)/t17-,18-/m0/s1. The van der Waals surface area contributed by atoms with Gasteiger partial charge >= 0.3 is 0 Å². The van der Waals surface area contributed by atoms with Crippen molar-refractivity contribution < 1.29 is 9.59 Å². The SMILES string of the molecule is Cc1ccc([C@H](CNC(=O)[C@@H]2CCCN2C(=O)C(C)C)N(C)C)cc1. The van der Waals surface area contributed by atoms with E-state index in [0.29, 0.717) is 13.1 Å². The molecule has 0 aliphatic carbocycles. The van der Waals surface area contributed by atoms with Crippen molar-refractivity contribution in [3.05, 3.63) is 35.4 Å². The van der Waals surface area contributed by atoms with Crippen LogP contribution in [0.4, 0.5) is 0 Å². The molecule has 1 heterocycles. The van der Waals surface area contributed by atoms with Gasteiger partial charge in [0.15, 0.2) is 0 Å². The summed E-state index contributed by atoms with van der Waals surface area (Å²) < 4.78 is 0. The van der Waals surface area contributed by atoms with Gasteiger partial charge in [-0.05, 0) is 39.4 Å². The first kappa shape index (κ1) is 19.4. The van der Waals surface area contributed by atoms with Crippen LogP contribution < -0.4 is 5.32 Å². The van der Waals surface area contributed by atoms with Crippen LogP contribution in [0.1, 0.15) is 43.9 Å². The van der Waals surface area contributed by atoms with Crippen LogP contribution >= 0.6 is 0 Å². The zero-order chi connectivity index (χ0) is 18.6. The molecule has 1 aliphatic rings. The number of carbonyl (C=O) groups is 2. The largest absolute Gasteiger partial charge is 0.352 e. The van der Waals surface area contributed by atoms with Crippen LogP contribution in [0.3, 0.4) is 0 Å². The van der Waals surface area contributed by atoms with E-state index in [2.05, 4.69) is 41.4 Å². The van der Waals surface area contributed by atoms with E-state index in [9.17, 15) is 9.59 Å². The van der Waals surface area contributed by atoms with Crippen molar-refractivity contribution in [2.45, 2.75) is 45.7 Å². The van der Waals surface area contributed by atoms with Gasteiger partial charge in [-0.25, -0.2) is 0 Å². The molecular weight excluding hydrogens is 314 g/mol. The molecule has 1 aliphatic heterocycles. The molecule has 2 rings (SSSR count). The summed E-state index contributed by atoms with van der Waals surface area (Å²) in [6.07, 6.45) is 1.65. The molecule has 0 radical (unpaired) electrons. The lowest BCUT2D eigenvalue weighted by molar-refractivity contribution is -0.140. The molecular formula is C20H31N3O2. The first-order chi connectivity index (χ1) is 11.8. The summed E-state index contributed by atoms with van der Waals surface area (Å²) >= 11 is 0. The zero-order valence-electron chi connectivity index (χ0n) is 16.1. The number of nitrogens with zero attached hydrogens (tertiary/aromatic N) is 2. The minimum atomic E-state index is -0.323. The highest BCUT2D eigenvalue weighted by atomic mass is 16.2. The third kappa shape index (κ3) is 4.82. The Balaban J connectivity index is 2.01. The highest BCUT2D eigenvalue weighted by Crippen LogP contribution is 2.21. The Morgan fingerprint density at radius 3 is 2.44 bits per heavy atom. The number of aryl methyl sites for hydroxylation is 1. The summed E-state index contributed by atoms with van der Waals surface area (Å²) in [5.74, 6) is -0.0405. The highest BCUT2D eigenvalue weighted by molar-refractivity contribution is 5.88.